The molecule has 292 valence electrons. The molecule has 19 heteroatoms. The van der Waals surface area contributed by atoms with Crippen molar-refractivity contribution >= 4 is 85.6 Å². The van der Waals surface area contributed by atoms with Crippen LogP contribution in [0, 0.1) is 10.4 Å². The molecule has 0 saturated heterocycles. The topological polar surface area (TPSA) is 280 Å². The minimum Gasteiger partial charge on any atom is -0.508 e. The lowest BCUT2D eigenvalue weighted by Crippen LogP contribution is -2.34. The Morgan fingerprint density at radius 1 is 0.719 bits per heavy atom. The standard InChI is InChI=1S/C38H28N2O14S3/c41-29(42)13-6-16-55(47,48)20-14-15-25(27(17-20)56(49,50)51)39-26-18-28(57(52,53)54)34-32-30(22-10-3-4-11-24(22)35(43)31(26)32)33(38(46)40-34)37(45)36(44)23-12-5-8-19-7-1-2-9-21(19)23/h1-5,7-12,14-15,17-18,36,39,44-45H,6,13,16H2,(H,41,42)(H,49,50,51)(H,52,53,54). The number of hydrogen-bond donors (Lipinski definition) is 6. The van der Waals surface area contributed by atoms with Gasteiger partial charge in [0.25, 0.3) is 25.8 Å². The van der Waals surface area contributed by atoms with Crippen LogP contribution in [0.25, 0.3) is 38.2 Å². The summed E-state index contributed by atoms with van der Waals surface area (Å²) < 4.78 is 97.8. The molecule has 0 fully saturated rings. The van der Waals surface area contributed by atoms with Crippen molar-refractivity contribution in [1.82, 2.24) is 4.98 Å². The monoisotopic (exact) mass is 832 g/mol. The van der Waals surface area contributed by atoms with Crippen molar-refractivity contribution in [3.8, 4) is 0 Å². The highest BCUT2D eigenvalue weighted by molar-refractivity contribution is 7.91. The van der Waals surface area contributed by atoms with Gasteiger partial charge in [0.05, 0.1) is 38.1 Å². The van der Waals surface area contributed by atoms with E-state index in [1.54, 1.807) is 36.4 Å². The van der Waals surface area contributed by atoms with E-state index in [1.807, 2.05) is 0 Å². The lowest BCUT2D eigenvalue weighted by atomic mass is 9.95. The lowest BCUT2D eigenvalue weighted by molar-refractivity contribution is -0.137. The molecule has 0 radical (unpaired) electrons. The Hall–Kier alpha value is -6.09. The first kappa shape index (κ1) is 39.2. The smallest absolute Gasteiger partial charge is 0.303 e. The minimum absolute atomic E-state index is 0.000639. The molecule has 1 unspecified atom stereocenters. The van der Waals surface area contributed by atoms with Crippen LogP contribution in [-0.4, -0.2) is 66.4 Å². The van der Waals surface area contributed by atoms with Gasteiger partial charge in [0.15, 0.2) is 15.3 Å². The average Bonchev–Trinajstić information content (AvgIpc) is 3.15. The van der Waals surface area contributed by atoms with E-state index in [4.69, 9.17) is 5.11 Å². The van der Waals surface area contributed by atoms with Gasteiger partial charge in [-0.2, -0.15) is 16.8 Å². The molecule has 16 nitrogen and oxygen atoms in total. The Kier molecular flexibility index (Phi) is 9.71. The molecule has 7 rings (SSSR count). The Morgan fingerprint density at radius 2 is 1.35 bits per heavy atom. The molecule has 2 aliphatic rings. The third-order valence-corrected chi connectivity index (χ3v) is 13.0. The highest BCUT2D eigenvalue weighted by Gasteiger charge is 2.28. The average molecular weight is 833 g/mol. The van der Waals surface area contributed by atoms with Crippen LogP contribution in [0.3, 0.4) is 0 Å². The number of benzene rings is 5. The number of carbonyl (C=O) groups is 1. The van der Waals surface area contributed by atoms with Crippen LogP contribution in [-0.2, 0) is 34.9 Å². The summed E-state index contributed by atoms with van der Waals surface area (Å²) in [7, 11) is -14.9. The van der Waals surface area contributed by atoms with E-state index < -0.39 is 118 Å². The number of aromatic nitrogens is 1. The van der Waals surface area contributed by atoms with Crippen molar-refractivity contribution in [2.45, 2.75) is 33.6 Å². The summed E-state index contributed by atoms with van der Waals surface area (Å²) in [6.45, 7) is 0. The third-order valence-electron chi connectivity index (χ3n) is 9.43. The molecule has 5 aromatic carbocycles. The van der Waals surface area contributed by atoms with Gasteiger partial charge in [0.2, 0.25) is 0 Å². The molecule has 0 spiro atoms. The highest BCUT2D eigenvalue weighted by atomic mass is 32.2. The van der Waals surface area contributed by atoms with Crippen LogP contribution < -0.4 is 21.5 Å². The van der Waals surface area contributed by atoms with E-state index in [2.05, 4.69) is 10.3 Å². The van der Waals surface area contributed by atoms with Crippen molar-refractivity contribution in [1.29, 1.82) is 0 Å². The maximum atomic E-state index is 14.4. The zero-order valence-corrected chi connectivity index (χ0v) is 31.4. The van der Waals surface area contributed by atoms with Gasteiger partial charge in [-0.3, -0.25) is 23.5 Å². The number of aliphatic hydroxyl groups is 2. The number of rotatable bonds is 11. The number of nitrogens with one attached hydrogen (secondary N) is 1. The number of carboxylic acid groups (broad SMARTS) is 1. The van der Waals surface area contributed by atoms with Crippen LogP contribution in [0.5, 0.6) is 0 Å². The zero-order valence-electron chi connectivity index (χ0n) is 28.9. The summed E-state index contributed by atoms with van der Waals surface area (Å²) in [6.07, 6.45) is -2.70. The van der Waals surface area contributed by atoms with E-state index in [0.29, 0.717) is 22.9 Å². The van der Waals surface area contributed by atoms with Gasteiger partial charge in [-0.05, 0) is 52.4 Å². The number of fused-ring (bicyclic) bond motifs is 3. The maximum absolute atomic E-state index is 14.4. The second kappa shape index (κ2) is 14.1. The van der Waals surface area contributed by atoms with E-state index in [9.17, 15) is 59.0 Å². The molecule has 1 heterocycles. The highest BCUT2D eigenvalue weighted by Crippen LogP contribution is 2.35. The van der Waals surface area contributed by atoms with E-state index in [0.717, 1.165) is 12.1 Å². The molecule has 6 N–H and O–H groups in total. The fourth-order valence-electron chi connectivity index (χ4n) is 6.93. The molecule has 5 aromatic rings. The third kappa shape index (κ3) is 7.00. The molecular formula is C38H28N2O14S3. The summed E-state index contributed by atoms with van der Waals surface area (Å²) >= 11 is 0. The minimum atomic E-state index is -5.33. The summed E-state index contributed by atoms with van der Waals surface area (Å²) in [5, 5.41) is 34.2. The van der Waals surface area contributed by atoms with Crippen molar-refractivity contribution in [2.75, 3.05) is 11.1 Å². The lowest BCUT2D eigenvalue weighted by Gasteiger charge is -2.17. The molecule has 0 amide bonds. The number of carboxylic acids is 1. The molecule has 1 atom stereocenters. The SMILES string of the molecule is O=C(O)CCCS(=O)(=O)c1ccc(Nc2cc(S(=O)(=O)O)c3nc(=O)c(=C(O)C(O)c4cccc5ccccc45)c4c5ccccc5c(=O)c2c3=4)c(S(=O)(=O)O)c1. The fourth-order valence-corrected chi connectivity index (χ4v) is 9.66. The van der Waals surface area contributed by atoms with Gasteiger partial charge in [-0.1, -0.05) is 66.7 Å². The number of nitrogens with zero attached hydrogens (tertiary/aromatic N) is 1. The predicted octanol–water partition coefficient (Wildman–Crippen LogP) is 3.42. The fraction of sp³-hybridized carbons (Fsp3) is 0.105. The number of aliphatic carboxylic acids is 1. The van der Waals surface area contributed by atoms with Crippen LogP contribution in [0.1, 0.15) is 24.5 Å². The summed E-state index contributed by atoms with van der Waals surface area (Å²) in [4.78, 5) is 40.4. The zero-order chi connectivity index (χ0) is 41.2. The molecular weight excluding hydrogens is 805 g/mol. The summed E-state index contributed by atoms with van der Waals surface area (Å²) in [5.74, 6) is -2.89. The van der Waals surface area contributed by atoms with Crippen LogP contribution in [0.4, 0.5) is 11.4 Å². The molecule has 0 saturated carbocycles. The van der Waals surface area contributed by atoms with Gasteiger partial charge >= 0.3 is 5.97 Å². The van der Waals surface area contributed by atoms with Crippen molar-refractivity contribution in [3.05, 3.63) is 133 Å². The number of hydrogen-bond acceptors (Lipinski definition) is 13. The maximum Gasteiger partial charge on any atom is 0.303 e. The van der Waals surface area contributed by atoms with Crippen molar-refractivity contribution < 1.29 is 54.5 Å². The first-order valence-corrected chi connectivity index (χ1v) is 21.2. The number of aliphatic hydroxyl groups excluding tert-OH is 2. The van der Waals surface area contributed by atoms with Crippen molar-refractivity contribution in [2.24, 2.45) is 0 Å². The van der Waals surface area contributed by atoms with Crippen molar-refractivity contribution in [3.63, 3.8) is 0 Å². The van der Waals surface area contributed by atoms with Gasteiger partial charge in [-0.25, -0.2) is 13.4 Å². The van der Waals surface area contributed by atoms with E-state index in [1.165, 1.54) is 30.3 Å². The van der Waals surface area contributed by atoms with Gasteiger partial charge in [-0.15, -0.1) is 0 Å². The Labute approximate surface area is 321 Å². The van der Waals surface area contributed by atoms with E-state index in [-0.39, 0.29) is 28.0 Å². The molecule has 1 aliphatic heterocycles. The first-order chi connectivity index (χ1) is 26.8. The number of sulfone groups is 1. The summed E-state index contributed by atoms with van der Waals surface area (Å²) in [5.41, 5.74) is -3.73. The molecule has 0 bridgehead atoms. The molecule has 0 aromatic heterocycles. The number of anilines is 2. The van der Waals surface area contributed by atoms with Gasteiger partial charge < -0.3 is 20.6 Å². The van der Waals surface area contributed by atoms with Crippen LogP contribution in [0.15, 0.2) is 115 Å². The Balaban J connectivity index is 1.59. The summed E-state index contributed by atoms with van der Waals surface area (Å²) in [6, 6.07) is 20.5. The second-order valence-corrected chi connectivity index (χ2v) is 17.9. The normalized spacial score (nSPS) is 13.7. The van der Waals surface area contributed by atoms with Crippen LogP contribution >= 0.6 is 0 Å². The predicted molar refractivity (Wildman–Crippen MR) is 207 cm³/mol. The van der Waals surface area contributed by atoms with Crippen LogP contribution in [0.2, 0.25) is 0 Å². The largest absolute Gasteiger partial charge is 0.508 e. The second-order valence-electron chi connectivity index (χ2n) is 13.0. The molecule has 1 aliphatic carbocycles. The Morgan fingerprint density at radius 3 is 2.02 bits per heavy atom. The Bertz CT molecular complexity index is 3430. The van der Waals surface area contributed by atoms with Gasteiger partial charge in [0.1, 0.15) is 21.7 Å². The first-order valence-electron chi connectivity index (χ1n) is 16.7. The quantitative estimate of drug-likeness (QED) is 0.102. The van der Waals surface area contributed by atoms with Gasteiger partial charge in [0, 0.05) is 22.2 Å². The molecule has 57 heavy (non-hydrogen) atoms. The van der Waals surface area contributed by atoms with E-state index >= 15 is 0 Å².